The Bertz CT molecular complexity index is 752. The van der Waals surface area contributed by atoms with Crippen LogP contribution >= 0.6 is 23.2 Å². The van der Waals surface area contributed by atoms with Gasteiger partial charge in [0.15, 0.2) is 0 Å². The molecule has 0 unspecified atom stereocenters. The van der Waals surface area contributed by atoms with Gasteiger partial charge in [-0.1, -0.05) is 29.3 Å². The molecule has 22 heavy (non-hydrogen) atoms. The Morgan fingerprint density at radius 1 is 1.14 bits per heavy atom. The monoisotopic (exact) mass is 331 g/mol. The van der Waals surface area contributed by atoms with Gasteiger partial charge < -0.3 is 10.6 Å². The third-order valence-electron chi connectivity index (χ3n) is 4.07. The molecule has 2 aromatic rings. The summed E-state index contributed by atoms with van der Waals surface area (Å²) in [4.78, 5) is 2.29. The first-order valence-electron chi connectivity index (χ1n) is 7.11. The molecule has 1 aliphatic heterocycles. The Labute approximate surface area is 139 Å². The van der Waals surface area contributed by atoms with E-state index in [2.05, 4.69) is 11.0 Å². The number of nitrogens with two attached hydrogens (primary N) is 1. The molecule has 0 aromatic heterocycles. The van der Waals surface area contributed by atoms with Crippen LogP contribution in [0.2, 0.25) is 10.0 Å². The molecule has 3 nitrogen and oxygen atoms in total. The molecule has 1 heterocycles. The van der Waals surface area contributed by atoms with E-state index in [4.69, 9.17) is 34.2 Å². The maximum absolute atomic E-state index is 9.15. The smallest absolute Gasteiger partial charge is 0.101 e. The number of benzene rings is 2. The van der Waals surface area contributed by atoms with Crippen molar-refractivity contribution in [3.8, 4) is 6.07 Å². The largest absolute Gasteiger partial charge is 0.398 e. The first-order chi connectivity index (χ1) is 10.6. The summed E-state index contributed by atoms with van der Waals surface area (Å²) in [7, 11) is 0. The Morgan fingerprint density at radius 3 is 2.68 bits per heavy atom. The average molecular weight is 332 g/mol. The van der Waals surface area contributed by atoms with Crippen molar-refractivity contribution in [2.45, 2.75) is 18.9 Å². The van der Waals surface area contributed by atoms with Gasteiger partial charge in [0, 0.05) is 17.9 Å². The summed E-state index contributed by atoms with van der Waals surface area (Å²) in [5.74, 6) is 0. The van der Waals surface area contributed by atoms with Crippen molar-refractivity contribution in [1.29, 1.82) is 5.26 Å². The molecule has 1 atom stereocenters. The van der Waals surface area contributed by atoms with E-state index in [1.54, 1.807) is 6.07 Å². The zero-order valence-electron chi connectivity index (χ0n) is 11.9. The van der Waals surface area contributed by atoms with Crippen LogP contribution in [-0.4, -0.2) is 6.54 Å². The first-order valence-corrected chi connectivity index (χ1v) is 7.87. The summed E-state index contributed by atoms with van der Waals surface area (Å²) in [5, 5.41) is 10.3. The quantitative estimate of drug-likeness (QED) is 0.805. The highest BCUT2D eigenvalue weighted by Crippen LogP contribution is 2.38. The van der Waals surface area contributed by atoms with Gasteiger partial charge in [-0.15, -0.1) is 0 Å². The Balaban J connectivity index is 1.96. The Kier molecular flexibility index (Phi) is 4.15. The van der Waals surface area contributed by atoms with Crippen molar-refractivity contribution in [2.75, 3.05) is 17.2 Å². The van der Waals surface area contributed by atoms with Crippen LogP contribution in [0.15, 0.2) is 36.4 Å². The molecule has 5 heteroatoms. The maximum atomic E-state index is 9.15. The highest BCUT2D eigenvalue weighted by molar-refractivity contribution is 6.42. The van der Waals surface area contributed by atoms with E-state index in [0.29, 0.717) is 21.3 Å². The van der Waals surface area contributed by atoms with E-state index in [-0.39, 0.29) is 6.04 Å². The van der Waals surface area contributed by atoms with Crippen molar-refractivity contribution in [2.24, 2.45) is 0 Å². The molecular weight excluding hydrogens is 317 g/mol. The van der Waals surface area contributed by atoms with E-state index >= 15 is 0 Å². The lowest BCUT2D eigenvalue weighted by Crippen LogP contribution is -2.22. The van der Waals surface area contributed by atoms with Gasteiger partial charge >= 0.3 is 0 Å². The fourth-order valence-electron chi connectivity index (χ4n) is 2.96. The topological polar surface area (TPSA) is 53.0 Å². The van der Waals surface area contributed by atoms with Crippen LogP contribution in [0.5, 0.6) is 0 Å². The van der Waals surface area contributed by atoms with Crippen LogP contribution < -0.4 is 10.6 Å². The second-order valence-electron chi connectivity index (χ2n) is 5.41. The second-order valence-corrected chi connectivity index (χ2v) is 6.22. The highest BCUT2D eigenvalue weighted by Gasteiger charge is 2.27. The number of hydrogen-bond acceptors (Lipinski definition) is 3. The molecule has 1 aliphatic rings. The van der Waals surface area contributed by atoms with E-state index in [1.165, 1.54) is 0 Å². The second kappa shape index (κ2) is 6.08. The maximum Gasteiger partial charge on any atom is 0.101 e. The number of rotatable bonds is 2. The normalized spacial score (nSPS) is 17.5. The van der Waals surface area contributed by atoms with Crippen LogP contribution in [-0.2, 0) is 0 Å². The molecule has 0 saturated carbocycles. The van der Waals surface area contributed by atoms with Crippen LogP contribution in [0.4, 0.5) is 11.4 Å². The number of nitriles is 1. The third-order valence-corrected chi connectivity index (χ3v) is 4.81. The zero-order chi connectivity index (χ0) is 15.7. The minimum Gasteiger partial charge on any atom is -0.398 e. The molecule has 0 bridgehead atoms. The fraction of sp³-hybridized carbons (Fsp3) is 0.235. The van der Waals surface area contributed by atoms with E-state index in [1.807, 2.05) is 30.3 Å². The highest BCUT2D eigenvalue weighted by atomic mass is 35.5. The predicted molar refractivity (Wildman–Crippen MR) is 91.4 cm³/mol. The summed E-state index contributed by atoms with van der Waals surface area (Å²) in [6, 6.07) is 13.8. The molecule has 0 radical (unpaired) electrons. The minimum atomic E-state index is 0.241. The van der Waals surface area contributed by atoms with Crippen molar-refractivity contribution in [3.63, 3.8) is 0 Å². The van der Waals surface area contributed by atoms with Crippen LogP contribution in [0.3, 0.4) is 0 Å². The summed E-state index contributed by atoms with van der Waals surface area (Å²) < 4.78 is 0. The van der Waals surface area contributed by atoms with Gasteiger partial charge in [0.25, 0.3) is 0 Å². The molecule has 1 saturated heterocycles. The van der Waals surface area contributed by atoms with Gasteiger partial charge in [-0.2, -0.15) is 5.26 Å². The number of anilines is 2. The number of nitrogen functional groups attached to an aromatic ring is 1. The molecule has 2 aromatic carbocycles. The summed E-state index contributed by atoms with van der Waals surface area (Å²) in [5.41, 5.74) is 8.98. The van der Waals surface area contributed by atoms with Gasteiger partial charge in [0.2, 0.25) is 0 Å². The van der Waals surface area contributed by atoms with Gasteiger partial charge in [-0.05, 0) is 48.7 Å². The molecular formula is C17H15Cl2N3. The lowest BCUT2D eigenvalue weighted by Gasteiger charge is -2.27. The standard InChI is InChI=1S/C17H15Cl2N3/c18-14-5-3-11(9-15(14)19)17-2-1-7-22(17)13-4-6-16(21)12(8-13)10-20/h3-6,8-9,17H,1-2,7,21H2/t17-/m0/s1. The summed E-state index contributed by atoms with van der Waals surface area (Å²) >= 11 is 12.1. The molecule has 0 aliphatic carbocycles. The number of halogens is 2. The first kappa shape index (κ1) is 15.0. The van der Waals surface area contributed by atoms with Crippen molar-refractivity contribution < 1.29 is 0 Å². The van der Waals surface area contributed by atoms with E-state index in [9.17, 15) is 0 Å². The van der Waals surface area contributed by atoms with Gasteiger partial charge in [-0.25, -0.2) is 0 Å². The van der Waals surface area contributed by atoms with Gasteiger partial charge in [0.1, 0.15) is 6.07 Å². The van der Waals surface area contributed by atoms with E-state index < -0.39 is 0 Å². The lowest BCUT2D eigenvalue weighted by molar-refractivity contribution is 0.719. The summed E-state index contributed by atoms with van der Waals surface area (Å²) in [6.07, 6.45) is 2.14. The van der Waals surface area contributed by atoms with Crippen molar-refractivity contribution in [3.05, 3.63) is 57.6 Å². The van der Waals surface area contributed by atoms with Gasteiger partial charge in [-0.3, -0.25) is 0 Å². The van der Waals surface area contributed by atoms with Crippen molar-refractivity contribution >= 4 is 34.6 Å². The fourth-order valence-corrected chi connectivity index (χ4v) is 3.27. The van der Waals surface area contributed by atoms with Crippen LogP contribution in [0, 0.1) is 11.3 Å². The molecule has 3 rings (SSSR count). The van der Waals surface area contributed by atoms with Gasteiger partial charge in [0.05, 0.1) is 21.7 Å². The third kappa shape index (κ3) is 2.72. The number of hydrogen-bond donors (Lipinski definition) is 1. The van der Waals surface area contributed by atoms with Crippen LogP contribution in [0.1, 0.15) is 30.0 Å². The minimum absolute atomic E-state index is 0.241. The molecule has 1 fully saturated rings. The molecule has 0 spiro atoms. The molecule has 2 N–H and O–H groups in total. The molecule has 112 valence electrons. The Morgan fingerprint density at radius 2 is 1.95 bits per heavy atom. The van der Waals surface area contributed by atoms with Crippen molar-refractivity contribution in [1.82, 2.24) is 0 Å². The SMILES string of the molecule is N#Cc1cc(N2CCC[C@H]2c2ccc(Cl)c(Cl)c2)ccc1N. The van der Waals surface area contributed by atoms with Crippen LogP contribution in [0.25, 0.3) is 0 Å². The lowest BCUT2D eigenvalue weighted by atomic mass is 10.0. The predicted octanol–water partition coefficient (Wildman–Crippen LogP) is 4.79. The molecule has 0 amide bonds. The Hall–Kier alpha value is -1.89. The average Bonchev–Trinajstić information content (AvgIpc) is 3.00. The summed E-state index contributed by atoms with van der Waals surface area (Å²) in [6.45, 7) is 0.944. The number of nitrogens with zero attached hydrogens (tertiary/aromatic N) is 2. The zero-order valence-corrected chi connectivity index (χ0v) is 13.4. The van der Waals surface area contributed by atoms with E-state index in [0.717, 1.165) is 30.6 Å².